The van der Waals surface area contributed by atoms with E-state index in [1.54, 1.807) is 6.20 Å². The van der Waals surface area contributed by atoms with Crippen molar-refractivity contribution in [3.8, 4) is 11.3 Å². The molecule has 5 nitrogen and oxygen atoms in total. The molecule has 0 atom stereocenters. The van der Waals surface area contributed by atoms with E-state index in [0.717, 1.165) is 24.2 Å². The third-order valence-corrected chi connectivity index (χ3v) is 3.11. The summed E-state index contributed by atoms with van der Waals surface area (Å²) in [5.41, 5.74) is 6.38. The number of nitrogens with one attached hydrogen (secondary N) is 1. The molecule has 1 aromatic carbocycles. The van der Waals surface area contributed by atoms with Gasteiger partial charge in [0, 0.05) is 24.9 Å². The summed E-state index contributed by atoms with van der Waals surface area (Å²) >= 11 is 0. The molecule has 0 saturated carbocycles. The van der Waals surface area contributed by atoms with Gasteiger partial charge >= 0.3 is 0 Å². The van der Waals surface area contributed by atoms with Crippen LogP contribution in [0.3, 0.4) is 0 Å². The van der Waals surface area contributed by atoms with Gasteiger partial charge in [0.15, 0.2) is 11.7 Å². The minimum absolute atomic E-state index is 0. The van der Waals surface area contributed by atoms with Gasteiger partial charge in [-0.25, -0.2) is 4.98 Å². The lowest BCUT2D eigenvalue weighted by molar-refractivity contribution is -0.121. The van der Waals surface area contributed by atoms with Crippen LogP contribution in [-0.4, -0.2) is 24.0 Å². The summed E-state index contributed by atoms with van der Waals surface area (Å²) < 4.78 is 5.69. The largest absolute Gasteiger partial charge is 0.441 e. The van der Waals surface area contributed by atoms with E-state index in [9.17, 15) is 4.79 Å². The average molecular weight is 360 g/mol. The van der Waals surface area contributed by atoms with Crippen molar-refractivity contribution >= 4 is 30.7 Å². The Morgan fingerprint density at radius 1 is 1.17 bits per heavy atom. The monoisotopic (exact) mass is 359 g/mol. The van der Waals surface area contributed by atoms with Crippen LogP contribution >= 0.6 is 24.8 Å². The Hall–Kier alpha value is -1.56. The first-order valence-electron chi connectivity index (χ1n) is 7.26. The SMILES string of the molecule is Cl.Cl.NCCCNC(=O)CCCc1ncc(-c2ccccc2)o1. The number of amides is 1. The van der Waals surface area contributed by atoms with Crippen LogP contribution in [0.2, 0.25) is 0 Å². The molecule has 0 spiro atoms. The van der Waals surface area contributed by atoms with Gasteiger partial charge in [0.25, 0.3) is 0 Å². The Balaban J connectivity index is 0.00000242. The number of aryl methyl sites for hydroxylation is 1. The molecule has 23 heavy (non-hydrogen) atoms. The molecular weight excluding hydrogens is 337 g/mol. The Labute approximate surface area is 148 Å². The molecule has 0 aliphatic carbocycles. The van der Waals surface area contributed by atoms with Crippen LogP contribution in [0.4, 0.5) is 0 Å². The number of nitrogens with zero attached hydrogens (tertiary/aromatic N) is 1. The van der Waals surface area contributed by atoms with E-state index >= 15 is 0 Å². The number of halogens is 2. The van der Waals surface area contributed by atoms with Crippen molar-refractivity contribution in [3.63, 3.8) is 0 Å². The van der Waals surface area contributed by atoms with Crippen molar-refractivity contribution in [3.05, 3.63) is 42.4 Å². The van der Waals surface area contributed by atoms with Gasteiger partial charge in [-0.1, -0.05) is 30.3 Å². The first kappa shape index (κ1) is 21.4. The smallest absolute Gasteiger partial charge is 0.220 e. The predicted octanol–water partition coefficient (Wildman–Crippen LogP) is 2.97. The van der Waals surface area contributed by atoms with Crippen LogP contribution in [0.25, 0.3) is 11.3 Å². The van der Waals surface area contributed by atoms with Crippen molar-refractivity contribution in [2.24, 2.45) is 5.73 Å². The van der Waals surface area contributed by atoms with E-state index in [1.165, 1.54) is 0 Å². The van der Waals surface area contributed by atoms with Crippen molar-refractivity contribution < 1.29 is 9.21 Å². The molecule has 1 amide bonds. The highest BCUT2D eigenvalue weighted by atomic mass is 35.5. The van der Waals surface area contributed by atoms with E-state index < -0.39 is 0 Å². The van der Waals surface area contributed by atoms with Gasteiger partial charge in [0.05, 0.1) is 6.20 Å². The third kappa shape index (κ3) is 7.50. The maximum atomic E-state index is 11.5. The van der Waals surface area contributed by atoms with E-state index in [1.807, 2.05) is 30.3 Å². The van der Waals surface area contributed by atoms with E-state index in [0.29, 0.717) is 31.8 Å². The molecule has 3 N–H and O–H groups in total. The standard InChI is InChI=1S/C16H21N3O2.2ClH/c17-10-5-11-18-15(20)8-4-9-16-19-12-14(21-16)13-6-2-1-3-7-13;;/h1-3,6-7,12H,4-5,8-11,17H2,(H,18,20);2*1H. The van der Waals surface area contributed by atoms with Crippen LogP contribution in [0, 0.1) is 0 Å². The lowest BCUT2D eigenvalue weighted by Gasteiger charge is -2.02. The maximum Gasteiger partial charge on any atom is 0.220 e. The maximum absolute atomic E-state index is 11.5. The van der Waals surface area contributed by atoms with E-state index in [-0.39, 0.29) is 30.7 Å². The second-order valence-electron chi connectivity index (χ2n) is 4.83. The molecule has 128 valence electrons. The fourth-order valence-electron chi connectivity index (χ4n) is 1.98. The zero-order valence-corrected chi connectivity index (χ0v) is 14.5. The minimum atomic E-state index is 0. The average Bonchev–Trinajstić information content (AvgIpc) is 2.97. The predicted molar refractivity (Wildman–Crippen MR) is 96.1 cm³/mol. The van der Waals surface area contributed by atoms with Crippen LogP contribution in [0.1, 0.15) is 25.2 Å². The molecule has 0 saturated heterocycles. The third-order valence-electron chi connectivity index (χ3n) is 3.11. The van der Waals surface area contributed by atoms with E-state index in [2.05, 4.69) is 10.3 Å². The highest BCUT2D eigenvalue weighted by Gasteiger charge is 2.07. The molecule has 0 fully saturated rings. The zero-order valence-electron chi connectivity index (χ0n) is 12.9. The number of hydrogen-bond acceptors (Lipinski definition) is 4. The molecule has 0 radical (unpaired) electrons. The summed E-state index contributed by atoms with van der Waals surface area (Å²) in [6.07, 6.45) is 4.41. The van der Waals surface area contributed by atoms with Gasteiger partial charge in [-0.3, -0.25) is 4.79 Å². The molecule has 0 aliphatic heterocycles. The molecule has 2 rings (SSSR count). The second kappa shape index (κ2) is 11.9. The first-order chi connectivity index (χ1) is 10.3. The summed E-state index contributed by atoms with van der Waals surface area (Å²) in [6.45, 7) is 1.24. The summed E-state index contributed by atoms with van der Waals surface area (Å²) in [7, 11) is 0. The molecule has 1 heterocycles. The van der Waals surface area contributed by atoms with E-state index in [4.69, 9.17) is 10.2 Å². The van der Waals surface area contributed by atoms with Crippen molar-refractivity contribution in [1.29, 1.82) is 0 Å². The zero-order chi connectivity index (χ0) is 14.9. The molecule has 1 aromatic heterocycles. The number of nitrogens with two attached hydrogens (primary N) is 1. The van der Waals surface area contributed by atoms with Crippen molar-refractivity contribution in [1.82, 2.24) is 10.3 Å². The van der Waals surface area contributed by atoms with Gasteiger partial charge < -0.3 is 15.5 Å². The van der Waals surface area contributed by atoms with Crippen LogP contribution in [0.5, 0.6) is 0 Å². The molecule has 7 heteroatoms. The number of aromatic nitrogens is 1. The number of carbonyl (C=O) groups is 1. The Kier molecular flexibility index (Phi) is 11.1. The first-order valence-corrected chi connectivity index (χ1v) is 7.26. The Morgan fingerprint density at radius 2 is 1.91 bits per heavy atom. The van der Waals surface area contributed by atoms with Gasteiger partial charge in [-0.15, -0.1) is 24.8 Å². The minimum Gasteiger partial charge on any atom is -0.441 e. The van der Waals surface area contributed by atoms with Crippen molar-refractivity contribution in [2.75, 3.05) is 13.1 Å². The topological polar surface area (TPSA) is 81.1 Å². The molecule has 0 bridgehead atoms. The quantitative estimate of drug-likeness (QED) is 0.709. The number of rotatable bonds is 8. The molecule has 0 aliphatic rings. The number of oxazole rings is 1. The number of carbonyl (C=O) groups excluding carboxylic acids is 1. The summed E-state index contributed by atoms with van der Waals surface area (Å²) in [5, 5.41) is 2.83. The lowest BCUT2D eigenvalue weighted by atomic mass is 10.2. The van der Waals surface area contributed by atoms with Gasteiger partial charge in [-0.2, -0.15) is 0 Å². The van der Waals surface area contributed by atoms with Gasteiger partial charge in [0.1, 0.15) is 0 Å². The number of hydrogen-bond donors (Lipinski definition) is 2. The molecule has 0 unspecified atom stereocenters. The highest BCUT2D eigenvalue weighted by Crippen LogP contribution is 2.20. The normalized spacial score (nSPS) is 9.61. The number of benzene rings is 1. The fraction of sp³-hybridized carbons (Fsp3) is 0.375. The molecular formula is C16H23Cl2N3O2. The summed E-state index contributed by atoms with van der Waals surface area (Å²) in [5.74, 6) is 1.49. The highest BCUT2D eigenvalue weighted by molar-refractivity contribution is 5.85. The second-order valence-corrected chi connectivity index (χ2v) is 4.83. The van der Waals surface area contributed by atoms with Crippen LogP contribution < -0.4 is 11.1 Å². The van der Waals surface area contributed by atoms with Crippen LogP contribution in [-0.2, 0) is 11.2 Å². The Morgan fingerprint density at radius 3 is 2.61 bits per heavy atom. The fourth-order valence-corrected chi connectivity index (χ4v) is 1.98. The summed E-state index contributed by atoms with van der Waals surface area (Å²) in [4.78, 5) is 15.8. The van der Waals surface area contributed by atoms with Crippen LogP contribution in [0.15, 0.2) is 40.9 Å². The summed E-state index contributed by atoms with van der Waals surface area (Å²) in [6, 6.07) is 9.85. The van der Waals surface area contributed by atoms with Gasteiger partial charge in [0.2, 0.25) is 5.91 Å². The van der Waals surface area contributed by atoms with Gasteiger partial charge in [-0.05, 0) is 19.4 Å². The Bertz CT molecular complexity index is 561. The lowest BCUT2D eigenvalue weighted by Crippen LogP contribution is -2.25. The molecule has 2 aromatic rings. The van der Waals surface area contributed by atoms with Crippen molar-refractivity contribution in [2.45, 2.75) is 25.7 Å².